The van der Waals surface area contributed by atoms with Gasteiger partial charge >= 0.3 is 26.2 Å². The monoisotopic (exact) mass is 391 g/mol. The summed E-state index contributed by atoms with van der Waals surface area (Å²) in [6.45, 7) is 17.5. The third kappa shape index (κ3) is 10.7. The minimum atomic E-state index is 0. The minimum Gasteiger partial charge on any atom is -0.250 e. The van der Waals surface area contributed by atoms with Crippen molar-refractivity contribution in [3.05, 3.63) is 46.6 Å². The zero-order valence-electron chi connectivity index (χ0n) is 15.8. The van der Waals surface area contributed by atoms with Crippen LogP contribution in [0, 0.1) is 24.0 Å². The maximum Gasteiger partial charge on any atom is 2.00 e. The van der Waals surface area contributed by atoms with Crippen molar-refractivity contribution in [3.8, 4) is 0 Å². The Labute approximate surface area is 161 Å². The first kappa shape index (κ1) is 24.3. The van der Waals surface area contributed by atoms with Crippen LogP contribution in [0.5, 0.6) is 0 Å². The molecule has 1 radical (unpaired) electrons. The smallest absolute Gasteiger partial charge is 0.250 e. The first-order chi connectivity index (χ1) is 9.81. The maximum atomic E-state index is 3.33. The molecular weight excluding hydrogens is 360 g/mol. The molecule has 0 bridgehead atoms. The van der Waals surface area contributed by atoms with Crippen LogP contribution in [0.1, 0.15) is 54.4 Å². The van der Waals surface area contributed by atoms with E-state index in [1.807, 2.05) is 0 Å². The van der Waals surface area contributed by atoms with E-state index in [1.54, 1.807) is 0 Å². The molecule has 0 saturated heterocycles. The van der Waals surface area contributed by atoms with Crippen LogP contribution in [0.4, 0.5) is 0 Å². The molecule has 0 atom stereocenters. The summed E-state index contributed by atoms with van der Waals surface area (Å²) >= 11 is 0. The van der Waals surface area contributed by atoms with Crippen LogP contribution in [-0.4, -0.2) is 9.52 Å². The Hall–Kier alpha value is 0.0600. The van der Waals surface area contributed by atoms with Crippen LogP contribution in [0.2, 0.25) is 13.1 Å². The van der Waals surface area contributed by atoms with Gasteiger partial charge in [0.1, 0.15) is 0 Å². The molecule has 0 aromatic carbocycles. The molecule has 0 amide bonds. The van der Waals surface area contributed by atoms with Crippen LogP contribution in [0.3, 0.4) is 0 Å². The summed E-state index contributed by atoms with van der Waals surface area (Å²) in [5, 5.41) is 0. The quantitative estimate of drug-likeness (QED) is 0.402. The Balaban J connectivity index is 0. The van der Waals surface area contributed by atoms with Gasteiger partial charge in [0.2, 0.25) is 0 Å². The molecule has 0 spiro atoms. The SMILES string of the molecule is CC1=[C-]C(C(C)C)=CC1.CC1=[C-]C(C(C)C)=CC1.C[SiH]C.[Zr+2]. The molecule has 0 N–H and O–H groups in total. The van der Waals surface area contributed by atoms with Crippen molar-refractivity contribution in [3.63, 3.8) is 0 Å². The van der Waals surface area contributed by atoms with Gasteiger partial charge in [0.15, 0.2) is 0 Å². The summed E-state index contributed by atoms with van der Waals surface area (Å²) in [5.74, 6) is 1.31. The van der Waals surface area contributed by atoms with Gasteiger partial charge in [-0.25, -0.2) is 35.5 Å². The van der Waals surface area contributed by atoms with Gasteiger partial charge in [-0.2, -0.15) is 11.1 Å². The Morgan fingerprint density at radius 1 is 0.818 bits per heavy atom. The molecule has 0 aromatic rings. The van der Waals surface area contributed by atoms with E-state index in [1.165, 1.54) is 22.3 Å². The minimum absolute atomic E-state index is 0. The molecule has 0 unspecified atom stereocenters. The van der Waals surface area contributed by atoms with E-state index in [0.717, 1.165) is 22.4 Å². The number of hydrogen-bond acceptors (Lipinski definition) is 0. The fourth-order valence-corrected chi connectivity index (χ4v) is 1.98. The average molecular weight is 393 g/mol. The van der Waals surface area contributed by atoms with E-state index in [0.29, 0.717) is 11.8 Å². The summed E-state index contributed by atoms with van der Waals surface area (Å²) in [5.41, 5.74) is 5.51. The second-order valence-corrected chi connectivity index (χ2v) is 7.58. The summed E-state index contributed by atoms with van der Waals surface area (Å²) in [6, 6.07) is 0. The third-order valence-corrected chi connectivity index (χ3v) is 3.22. The van der Waals surface area contributed by atoms with Gasteiger partial charge in [0.05, 0.1) is 0 Å². The van der Waals surface area contributed by atoms with Crippen LogP contribution < -0.4 is 0 Å². The molecule has 0 aliphatic heterocycles. The first-order valence-electron chi connectivity index (χ1n) is 8.14. The molecule has 0 heterocycles. The molecule has 121 valence electrons. The van der Waals surface area contributed by atoms with Crippen molar-refractivity contribution in [2.45, 2.75) is 67.5 Å². The summed E-state index contributed by atoms with van der Waals surface area (Å²) in [7, 11) is 0.750. The van der Waals surface area contributed by atoms with Gasteiger partial charge in [-0.05, 0) is 0 Å². The van der Waals surface area contributed by atoms with Gasteiger partial charge < -0.3 is 0 Å². The number of rotatable bonds is 2. The summed E-state index contributed by atoms with van der Waals surface area (Å²) < 4.78 is 0. The fourth-order valence-electron chi connectivity index (χ4n) is 1.98. The molecule has 0 aromatic heterocycles. The molecule has 0 nitrogen and oxygen atoms in total. The van der Waals surface area contributed by atoms with Gasteiger partial charge in [0.25, 0.3) is 0 Å². The zero-order chi connectivity index (χ0) is 16.4. The second-order valence-electron chi connectivity index (χ2n) is 6.42. The molecule has 0 saturated carbocycles. The van der Waals surface area contributed by atoms with E-state index in [9.17, 15) is 0 Å². The van der Waals surface area contributed by atoms with Crippen molar-refractivity contribution in [1.29, 1.82) is 0 Å². The molecule has 2 aliphatic rings. The third-order valence-electron chi connectivity index (χ3n) is 3.22. The Morgan fingerprint density at radius 2 is 1.09 bits per heavy atom. The van der Waals surface area contributed by atoms with Crippen molar-refractivity contribution in [2.24, 2.45) is 11.8 Å². The van der Waals surface area contributed by atoms with Crippen molar-refractivity contribution < 1.29 is 26.2 Å². The average Bonchev–Trinajstić information content (AvgIpc) is 3.00. The maximum absolute atomic E-state index is 3.33. The first-order valence-corrected chi connectivity index (χ1v) is 10.5. The molecule has 2 aliphatic carbocycles. The molecule has 2 heteroatoms. The van der Waals surface area contributed by atoms with Crippen LogP contribution in [-0.2, 0) is 26.2 Å². The molecule has 2 rings (SSSR count). The normalized spacial score (nSPS) is 15.7. The number of allylic oxidation sites excluding steroid dienone is 8. The standard InChI is InChI=1S/2C9H13.C2H7Si.Zr/c2*1-7(2)9-5-4-8(3)6-9;1-3-2;/h2*5,7H,4H2,1-3H3;3H,1-2H3;/q2*-1;;+2. The zero-order valence-corrected chi connectivity index (χ0v) is 19.4. The van der Waals surface area contributed by atoms with Crippen molar-refractivity contribution in [2.75, 3.05) is 0 Å². The van der Waals surface area contributed by atoms with Gasteiger partial charge in [0, 0.05) is 9.52 Å². The largest absolute Gasteiger partial charge is 2.00 e. The van der Waals surface area contributed by atoms with E-state index in [2.05, 4.69) is 78.9 Å². The fraction of sp³-hybridized carbons (Fsp3) is 0.600. The molecular formula is C20H33SiZr. The van der Waals surface area contributed by atoms with Crippen LogP contribution in [0.25, 0.3) is 0 Å². The number of hydrogen-bond donors (Lipinski definition) is 0. The van der Waals surface area contributed by atoms with Crippen LogP contribution >= 0.6 is 0 Å². The topological polar surface area (TPSA) is 0 Å². The second kappa shape index (κ2) is 13.5. The summed E-state index contributed by atoms with van der Waals surface area (Å²) in [6.07, 6.45) is 13.4. The van der Waals surface area contributed by atoms with Crippen LogP contribution in [0.15, 0.2) is 34.4 Å². The Morgan fingerprint density at radius 3 is 1.18 bits per heavy atom. The van der Waals surface area contributed by atoms with E-state index in [4.69, 9.17) is 0 Å². The van der Waals surface area contributed by atoms with Gasteiger partial charge in [-0.1, -0.05) is 79.3 Å². The summed E-state index contributed by atoms with van der Waals surface area (Å²) in [4.78, 5) is 0. The Bertz CT molecular complexity index is 383. The Kier molecular flexibility index (Phi) is 14.9. The van der Waals surface area contributed by atoms with Gasteiger partial charge in [-0.15, -0.1) is 0 Å². The van der Waals surface area contributed by atoms with E-state index < -0.39 is 0 Å². The van der Waals surface area contributed by atoms with Gasteiger partial charge in [-0.3, -0.25) is 0 Å². The van der Waals surface area contributed by atoms with Crippen molar-refractivity contribution >= 4 is 9.52 Å². The molecule has 0 fully saturated rings. The van der Waals surface area contributed by atoms with Crippen molar-refractivity contribution in [1.82, 2.24) is 0 Å². The van der Waals surface area contributed by atoms with E-state index >= 15 is 0 Å². The molecule has 22 heavy (non-hydrogen) atoms. The predicted octanol–water partition coefficient (Wildman–Crippen LogP) is 5.96. The van der Waals surface area contributed by atoms with E-state index in [-0.39, 0.29) is 26.2 Å². The predicted molar refractivity (Wildman–Crippen MR) is 98.8 cm³/mol.